The first-order valence-corrected chi connectivity index (χ1v) is 6.60. The van der Waals surface area contributed by atoms with Crippen molar-refractivity contribution < 1.29 is 9.47 Å². The molecule has 0 radical (unpaired) electrons. The highest BCUT2D eigenvalue weighted by Gasteiger charge is 2.15. The van der Waals surface area contributed by atoms with Gasteiger partial charge in [0.15, 0.2) is 6.29 Å². The van der Waals surface area contributed by atoms with Gasteiger partial charge in [-0.3, -0.25) is 5.10 Å². The summed E-state index contributed by atoms with van der Waals surface area (Å²) in [5.74, 6) is 0. The van der Waals surface area contributed by atoms with E-state index in [1.807, 2.05) is 32.0 Å². The van der Waals surface area contributed by atoms with Crippen LogP contribution in [-0.4, -0.2) is 23.4 Å². The molecule has 0 saturated carbocycles. The molecule has 1 aromatic heterocycles. The number of aryl methyl sites for hydroxylation is 1. The van der Waals surface area contributed by atoms with E-state index in [0.29, 0.717) is 13.2 Å². The fraction of sp³-hybridized carbons (Fsp3) is 0.400. The lowest BCUT2D eigenvalue weighted by Gasteiger charge is -2.14. The molecule has 0 fully saturated rings. The summed E-state index contributed by atoms with van der Waals surface area (Å²) >= 11 is 0. The van der Waals surface area contributed by atoms with Gasteiger partial charge in [0.1, 0.15) is 0 Å². The first-order chi connectivity index (χ1) is 9.24. The van der Waals surface area contributed by atoms with Gasteiger partial charge in [0.05, 0.1) is 11.4 Å². The monoisotopic (exact) mass is 260 g/mol. The van der Waals surface area contributed by atoms with Crippen molar-refractivity contribution in [2.45, 2.75) is 27.1 Å². The average Bonchev–Trinajstić information content (AvgIpc) is 2.88. The van der Waals surface area contributed by atoms with E-state index in [0.717, 1.165) is 17.0 Å². The number of aromatic nitrogens is 2. The third-order valence-electron chi connectivity index (χ3n) is 2.80. The molecular formula is C15H20N2O2. The highest BCUT2D eigenvalue weighted by Crippen LogP contribution is 2.23. The van der Waals surface area contributed by atoms with Crippen molar-refractivity contribution in [2.24, 2.45) is 0 Å². The third-order valence-corrected chi connectivity index (χ3v) is 2.80. The molecule has 0 aliphatic rings. The largest absolute Gasteiger partial charge is 0.347 e. The van der Waals surface area contributed by atoms with Crippen LogP contribution in [0.25, 0.3) is 11.3 Å². The van der Waals surface area contributed by atoms with Crippen molar-refractivity contribution in [3.63, 3.8) is 0 Å². The summed E-state index contributed by atoms with van der Waals surface area (Å²) < 4.78 is 11.1. The Bertz CT molecular complexity index is 516. The van der Waals surface area contributed by atoms with E-state index in [1.54, 1.807) is 0 Å². The SMILES string of the molecule is CCOC(OCC)c1cc(-c2cccc(C)c2)n[nH]1. The van der Waals surface area contributed by atoms with Gasteiger partial charge < -0.3 is 9.47 Å². The predicted molar refractivity (Wildman–Crippen MR) is 74.8 cm³/mol. The van der Waals surface area contributed by atoms with Crippen molar-refractivity contribution in [3.8, 4) is 11.3 Å². The standard InChI is InChI=1S/C15H20N2O2/c1-4-18-15(19-5-2)14-10-13(16-17-14)12-8-6-7-11(3)9-12/h6-10,15H,4-5H2,1-3H3,(H,16,17). The lowest BCUT2D eigenvalue weighted by Crippen LogP contribution is -2.09. The van der Waals surface area contributed by atoms with Crippen molar-refractivity contribution in [3.05, 3.63) is 41.6 Å². The molecule has 2 rings (SSSR count). The molecule has 2 aromatic rings. The molecule has 0 saturated heterocycles. The van der Waals surface area contributed by atoms with E-state index < -0.39 is 0 Å². The minimum Gasteiger partial charge on any atom is -0.347 e. The van der Waals surface area contributed by atoms with Crippen LogP contribution in [0.5, 0.6) is 0 Å². The minimum atomic E-state index is -0.374. The fourth-order valence-corrected chi connectivity index (χ4v) is 1.94. The van der Waals surface area contributed by atoms with E-state index in [1.165, 1.54) is 5.56 Å². The van der Waals surface area contributed by atoms with Crippen molar-refractivity contribution in [1.29, 1.82) is 0 Å². The Morgan fingerprint density at radius 3 is 2.53 bits per heavy atom. The Labute approximate surface area is 113 Å². The van der Waals surface area contributed by atoms with Crippen LogP contribution in [0, 0.1) is 6.92 Å². The number of rotatable bonds is 6. The molecular weight excluding hydrogens is 240 g/mol. The van der Waals surface area contributed by atoms with E-state index >= 15 is 0 Å². The van der Waals surface area contributed by atoms with Gasteiger partial charge >= 0.3 is 0 Å². The lowest BCUT2D eigenvalue weighted by atomic mass is 10.1. The Kier molecular flexibility index (Phi) is 4.71. The second-order valence-electron chi connectivity index (χ2n) is 4.32. The summed E-state index contributed by atoms with van der Waals surface area (Å²) in [6, 6.07) is 10.2. The maximum atomic E-state index is 5.55. The van der Waals surface area contributed by atoms with Gasteiger partial charge in [-0.25, -0.2) is 0 Å². The van der Waals surface area contributed by atoms with Gasteiger partial charge in [-0.15, -0.1) is 0 Å². The minimum absolute atomic E-state index is 0.374. The lowest BCUT2D eigenvalue weighted by molar-refractivity contribution is -0.142. The number of aromatic amines is 1. The molecule has 0 aliphatic heterocycles. The van der Waals surface area contributed by atoms with Crippen LogP contribution in [0.2, 0.25) is 0 Å². The predicted octanol–water partition coefficient (Wildman–Crippen LogP) is 3.46. The van der Waals surface area contributed by atoms with Crippen LogP contribution in [0.1, 0.15) is 31.4 Å². The summed E-state index contributed by atoms with van der Waals surface area (Å²) in [4.78, 5) is 0. The zero-order chi connectivity index (χ0) is 13.7. The van der Waals surface area contributed by atoms with Crippen LogP contribution in [0.3, 0.4) is 0 Å². The Morgan fingerprint density at radius 2 is 1.89 bits per heavy atom. The van der Waals surface area contributed by atoms with Gasteiger partial charge in [0, 0.05) is 18.8 Å². The maximum Gasteiger partial charge on any atom is 0.200 e. The maximum absolute atomic E-state index is 5.55. The van der Waals surface area contributed by atoms with Crippen molar-refractivity contribution >= 4 is 0 Å². The second-order valence-corrected chi connectivity index (χ2v) is 4.32. The molecule has 102 valence electrons. The molecule has 0 spiro atoms. The van der Waals surface area contributed by atoms with Gasteiger partial charge in [-0.2, -0.15) is 5.10 Å². The highest BCUT2D eigenvalue weighted by molar-refractivity contribution is 5.60. The van der Waals surface area contributed by atoms with E-state index in [4.69, 9.17) is 9.47 Å². The molecule has 4 nitrogen and oxygen atoms in total. The molecule has 1 N–H and O–H groups in total. The van der Waals surface area contributed by atoms with Crippen molar-refractivity contribution in [2.75, 3.05) is 13.2 Å². The van der Waals surface area contributed by atoms with Gasteiger partial charge in [-0.05, 0) is 32.9 Å². The zero-order valence-corrected chi connectivity index (χ0v) is 11.6. The fourth-order valence-electron chi connectivity index (χ4n) is 1.94. The summed E-state index contributed by atoms with van der Waals surface area (Å²) in [6.45, 7) is 7.17. The third kappa shape index (κ3) is 3.43. The normalized spacial score (nSPS) is 11.2. The summed E-state index contributed by atoms with van der Waals surface area (Å²) in [7, 11) is 0. The number of nitrogens with one attached hydrogen (secondary N) is 1. The second kappa shape index (κ2) is 6.50. The van der Waals surface area contributed by atoms with Gasteiger partial charge in [0.25, 0.3) is 0 Å². The molecule has 4 heteroatoms. The summed E-state index contributed by atoms with van der Waals surface area (Å²) in [5.41, 5.74) is 4.06. The van der Waals surface area contributed by atoms with Crippen molar-refractivity contribution in [1.82, 2.24) is 10.2 Å². The van der Waals surface area contributed by atoms with E-state index in [-0.39, 0.29) is 6.29 Å². The number of hydrogen-bond acceptors (Lipinski definition) is 3. The van der Waals surface area contributed by atoms with Crippen LogP contribution in [0.15, 0.2) is 30.3 Å². The average molecular weight is 260 g/mol. The first kappa shape index (κ1) is 13.8. The van der Waals surface area contributed by atoms with E-state index in [9.17, 15) is 0 Å². The smallest absolute Gasteiger partial charge is 0.200 e. The Balaban J connectivity index is 2.22. The number of ether oxygens (including phenoxy) is 2. The number of hydrogen-bond donors (Lipinski definition) is 1. The summed E-state index contributed by atoms with van der Waals surface area (Å²) in [5, 5.41) is 7.32. The molecule has 19 heavy (non-hydrogen) atoms. The first-order valence-electron chi connectivity index (χ1n) is 6.60. The zero-order valence-electron chi connectivity index (χ0n) is 11.6. The highest BCUT2D eigenvalue weighted by atomic mass is 16.7. The molecule has 0 aliphatic carbocycles. The molecule has 0 atom stereocenters. The molecule has 0 bridgehead atoms. The van der Waals surface area contributed by atoms with Gasteiger partial charge in [0.2, 0.25) is 0 Å². The Hall–Kier alpha value is -1.65. The Morgan fingerprint density at radius 1 is 1.16 bits per heavy atom. The number of H-pyrrole nitrogens is 1. The van der Waals surface area contributed by atoms with Crippen LogP contribution < -0.4 is 0 Å². The van der Waals surface area contributed by atoms with Crippen LogP contribution >= 0.6 is 0 Å². The van der Waals surface area contributed by atoms with Crippen LogP contribution in [0.4, 0.5) is 0 Å². The van der Waals surface area contributed by atoms with Crippen LogP contribution in [-0.2, 0) is 9.47 Å². The van der Waals surface area contributed by atoms with Gasteiger partial charge in [-0.1, -0.05) is 23.8 Å². The molecule has 1 aromatic carbocycles. The number of nitrogens with zero attached hydrogens (tertiary/aromatic N) is 1. The quantitative estimate of drug-likeness (QED) is 0.809. The molecule has 0 amide bonds. The number of benzene rings is 1. The topological polar surface area (TPSA) is 47.1 Å². The van der Waals surface area contributed by atoms with E-state index in [2.05, 4.69) is 29.3 Å². The molecule has 1 heterocycles. The molecule has 0 unspecified atom stereocenters. The summed E-state index contributed by atoms with van der Waals surface area (Å²) in [6.07, 6.45) is -0.374.